The Morgan fingerprint density at radius 2 is 1.79 bits per heavy atom. The van der Waals surface area contributed by atoms with Crippen LogP contribution in [0.1, 0.15) is 34.6 Å². The number of nitrogens with zero attached hydrogens (tertiary/aromatic N) is 2. The van der Waals surface area contributed by atoms with E-state index < -0.39 is 0 Å². The third-order valence-corrected chi connectivity index (χ3v) is 4.66. The van der Waals surface area contributed by atoms with Crippen molar-refractivity contribution in [2.45, 2.75) is 26.2 Å². The molecule has 120 valence electrons. The summed E-state index contributed by atoms with van der Waals surface area (Å²) in [5.74, 6) is 0.863. The van der Waals surface area contributed by atoms with Gasteiger partial charge in [-0.25, -0.2) is 4.68 Å². The van der Waals surface area contributed by atoms with Gasteiger partial charge in [-0.3, -0.25) is 4.79 Å². The van der Waals surface area contributed by atoms with Gasteiger partial charge in [-0.15, -0.1) is 0 Å². The average molecular weight is 317 g/mol. The lowest BCUT2D eigenvalue weighted by atomic mass is 9.85. The monoisotopic (exact) mass is 317 g/mol. The zero-order valence-corrected chi connectivity index (χ0v) is 13.8. The van der Waals surface area contributed by atoms with Crippen LogP contribution in [-0.4, -0.2) is 15.7 Å². The summed E-state index contributed by atoms with van der Waals surface area (Å²) < 4.78 is 1.82. The van der Waals surface area contributed by atoms with Crippen molar-refractivity contribution in [1.29, 1.82) is 0 Å². The molecule has 4 rings (SSSR count). The summed E-state index contributed by atoms with van der Waals surface area (Å²) in [4.78, 5) is 12.3. The molecule has 4 nitrogen and oxygen atoms in total. The van der Waals surface area contributed by atoms with Crippen LogP contribution in [0.3, 0.4) is 0 Å². The molecular formula is C20H19N3O. The number of hydrogen-bond acceptors (Lipinski definition) is 2. The Bertz CT molecular complexity index is 909. The largest absolute Gasteiger partial charge is 0.310 e. The molecule has 3 aromatic rings. The minimum atomic E-state index is 0.0321. The zero-order valence-electron chi connectivity index (χ0n) is 13.8. The fourth-order valence-corrected chi connectivity index (χ4v) is 3.36. The molecule has 2 aromatic carbocycles. The highest BCUT2D eigenvalue weighted by molar-refractivity contribution is 5.94. The Morgan fingerprint density at radius 3 is 2.54 bits per heavy atom. The summed E-state index contributed by atoms with van der Waals surface area (Å²) in [7, 11) is 0. The second-order valence-electron chi connectivity index (χ2n) is 6.36. The zero-order chi connectivity index (χ0) is 16.7. The topological polar surface area (TPSA) is 46.9 Å². The van der Waals surface area contributed by atoms with Gasteiger partial charge in [-0.05, 0) is 37.1 Å². The van der Waals surface area contributed by atoms with Crippen molar-refractivity contribution in [3.05, 3.63) is 77.0 Å². The molecule has 24 heavy (non-hydrogen) atoms. The number of amides is 1. The predicted octanol–water partition coefficient (Wildman–Crippen LogP) is 3.96. The summed E-state index contributed by atoms with van der Waals surface area (Å²) in [6.07, 6.45) is 2.34. The van der Waals surface area contributed by atoms with Crippen molar-refractivity contribution >= 4 is 11.7 Å². The minimum Gasteiger partial charge on any atom is -0.310 e. The van der Waals surface area contributed by atoms with Gasteiger partial charge in [-0.2, -0.15) is 5.10 Å². The molecule has 0 saturated heterocycles. The molecular weight excluding hydrogens is 298 g/mol. The van der Waals surface area contributed by atoms with Crippen LogP contribution in [0.2, 0.25) is 0 Å². The molecule has 0 radical (unpaired) electrons. The molecule has 1 N–H and O–H groups in total. The van der Waals surface area contributed by atoms with Crippen LogP contribution < -0.4 is 5.32 Å². The van der Waals surface area contributed by atoms with E-state index in [-0.39, 0.29) is 11.8 Å². The van der Waals surface area contributed by atoms with E-state index in [0.29, 0.717) is 6.42 Å². The molecule has 0 spiro atoms. The van der Waals surface area contributed by atoms with Gasteiger partial charge in [0.1, 0.15) is 5.82 Å². The molecule has 1 aliphatic rings. The van der Waals surface area contributed by atoms with Gasteiger partial charge in [-0.1, -0.05) is 42.0 Å². The number of anilines is 1. The Labute approximate surface area is 141 Å². The Balaban J connectivity index is 1.83. The highest BCUT2D eigenvalue weighted by Gasteiger charge is 2.30. The number of aryl methyl sites for hydroxylation is 2. The van der Waals surface area contributed by atoms with E-state index >= 15 is 0 Å². The van der Waals surface area contributed by atoms with Crippen LogP contribution in [0.4, 0.5) is 5.82 Å². The van der Waals surface area contributed by atoms with E-state index in [1.807, 2.05) is 47.3 Å². The van der Waals surface area contributed by atoms with Gasteiger partial charge in [0.25, 0.3) is 0 Å². The fourth-order valence-electron chi connectivity index (χ4n) is 3.36. The number of carbonyl (C=O) groups excluding carboxylic acids is 1. The number of rotatable bonds is 2. The van der Waals surface area contributed by atoms with Crippen molar-refractivity contribution in [3.63, 3.8) is 0 Å². The highest BCUT2D eigenvalue weighted by Crippen LogP contribution is 2.39. The van der Waals surface area contributed by atoms with Crippen LogP contribution >= 0.6 is 0 Å². The Morgan fingerprint density at radius 1 is 1.04 bits per heavy atom. The van der Waals surface area contributed by atoms with Gasteiger partial charge in [0.15, 0.2) is 0 Å². The molecule has 1 aliphatic heterocycles. The first-order valence-electron chi connectivity index (χ1n) is 8.14. The van der Waals surface area contributed by atoms with Crippen molar-refractivity contribution < 1.29 is 4.79 Å². The molecule has 4 heteroatoms. The van der Waals surface area contributed by atoms with E-state index in [9.17, 15) is 4.79 Å². The molecule has 0 fully saturated rings. The van der Waals surface area contributed by atoms with Crippen molar-refractivity contribution in [2.75, 3.05) is 5.32 Å². The van der Waals surface area contributed by atoms with Crippen LogP contribution in [0.5, 0.6) is 0 Å². The summed E-state index contributed by atoms with van der Waals surface area (Å²) >= 11 is 0. The molecule has 0 unspecified atom stereocenters. The first-order valence-corrected chi connectivity index (χ1v) is 8.14. The first-order chi connectivity index (χ1) is 11.6. The quantitative estimate of drug-likeness (QED) is 0.777. The van der Waals surface area contributed by atoms with Crippen molar-refractivity contribution in [1.82, 2.24) is 9.78 Å². The number of aromatic nitrogens is 2. The van der Waals surface area contributed by atoms with Gasteiger partial charge in [0, 0.05) is 17.9 Å². The van der Waals surface area contributed by atoms with Crippen LogP contribution in [0, 0.1) is 13.8 Å². The maximum Gasteiger partial charge on any atom is 0.226 e. The number of fused-ring (bicyclic) bond motifs is 1. The Hall–Kier alpha value is -2.88. The number of benzene rings is 2. The molecule has 0 bridgehead atoms. The predicted molar refractivity (Wildman–Crippen MR) is 94.6 cm³/mol. The van der Waals surface area contributed by atoms with E-state index in [0.717, 1.165) is 17.1 Å². The van der Waals surface area contributed by atoms with Gasteiger partial charge >= 0.3 is 0 Å². The summed E-state index contributed by atoms with van der Waals surface area (Å²) in [6, 6.07) is 16.4. The molecule has 1 atom stereocenters. The second-order valence-corrected chi connectivity index (χ2v) is 6.36. The molecule has 2 heterocycles. The second kappa shape index (κ2) is 5.64. The maximum absolute atomic E-state index is 12.3. The lowest BCUT2D eigenvalue weighted by Crippen LogP contribution is -2.25. The number of carbonyl (C=O) groups is 1. The van der Waals surface area contributed by atoms with Crippen LogP contribution in [0.25, 0.3) is 5.69 Å². The fraction of sp³-hybridized carbons (Fsp3) is 0.200. The molecule has 0 aliphatic carbocycles. The standard InChI is InChI=1S/C20H19N3O/c1-13-7-9-15(10-8-13)23-20-18(12-21-23)17(11-19(24)22-20)16-6-4-3-5-14(16)2/h3-10,12,17H,11H2,1-2H3,(H,22,24)/t17-/m1/s1. The normalized spacial score (nSPS) is 16.6. The smallest absolute Gasteiger partial charge is 0.226 e. The van der Waals surface area contributed by atoms with Gasteiger partial charge in [0.05, 0.1) is 11.9 Å². The third kappa shape index (κ3) is 2.40. The molecule has 1 amide bonds. The van der Waals surface area contributed by atoms with E-state index in [1.165, 1.54) is 16.7 Å². The molecule has 1 aromatic heterocycles. The van der Waals surface area contributed by atoms with E-state index in [2.05, 4.69) is 36.4 Å². The number of nitrogens with one attached hydrogen (secondary N) is 1. The average Bonchev–Trinajstić information content (AvgIpc) is 2.99. The van der Waals surface area contributed by atoms with E-state index in [1.54, 1.807) is 0 Å². The first kappa shape index (κ1) is 14.7. The summed E-state index contributed by atoms with van der Waals surface area (Å²) in [5.41, 5.74) is 5.61. The van der Waals surface area contributed by atoms with Crippen molar-refractivity contribution in [2.24, 2.45) is 0 Å². The SMILES string of the molecule is Cc1ccc(-n2ncc3c2NC(=O)C[C@@H]3c2ccccc2C)cc1. The Kier molecular flexibility index (Phi) is 3.45. The summed E-state index contributed by atoms with van der Waals surface area (Å²) in [6.45, 7) is 4.14. The summed E-state index contributed by atoms with van der Waals surface area (Å²) in [5, 5.41) is 7.54. The molecule has 0 saturated carbocycles. The van der Waals surface area contributed by atoms with Gasteiger partial charge < -0.3 is 5.32 Å². The van der Waals surface area contributed by atoms with Crippen LogP contribution in [-0.2, 0) is 4.79 Å². The lowest BCUT2D eigenvalue weighted by molar-refractivity contribution is -0.116. The van der Waals surface area contributed by atoms with Crippen LogP contribution in [0.15, 0.2) is 54.7 Å². The van der Waals surface area contributed by atoms with Gasteiger partial charge in [0.2, 0.25) is 5.91 Å². The highest BCUT2D eigenvalue weighted by atomic mass is 16.1. The minimum absolute atomic E-state index is 0.0321. The van der Waals surface area contributed by atoms with E-state index in [4.69, 9.17) is 0 Å². The van der Waals surface area contributed by atoms with Crippen molar-refractivity contribution in [3.8, 4) is 5.69 Å². The third-order valence-electron chi connectivity index (χ3n) is 4.66. The number of hydrogen-bond donors (Lipinski definition) is 1. The lowest BCUT2D eigenvalue weighted by Gasteiger charge is -2.25. The maximum atomic E-state index is 12.3.